The van der Waals surface area contributed by atoms with Crippen LogP contribution in [-0.4, -0.2) is 28.3 Å². The molecule has 0 unspecified atom stereocenters. The van der Waals surface area contributed by atoms with Crippen molar-refractivity contribution >= 4 is 34.0 Å². The molecule has 128 valence electrons. The van der Waals surface area contributed by atoms with Gasteiger partial charge in [0.15, 0.2) is 6.61 Å². The van der Waals surface area contributed by atoms with Gasteiger partial charge in [0.1, 0.15) is 0 Å². The molecule has 0 saturated heterocycles. The number of Topliss-reactive ketones (excluding diaryl/α,β-unsaturated/α-hetero) is 1. The highest BCUT2D eigenvalue weighted by molar-refractivity contribution is 7.13. The van der Waals surface area contributed by atoms with E-state index >= 15 is 0 Å². The summed E-state index contributed by atoms with van der Waals surface area (Å²) in [6.07, 6.45) is 1.65. The Kier molecular flexibility index (Phi) is 4.33. The summed E-state index contributed by atoms with van der Waals surface area (Å²) in [6, 6.07) is 16.4. The molecule has 3 heterocycles. The van der Waals surface area contributed by atoms with E-state index in [9.17, 15) is 9.59 Å². The Morgan fingerprint density at radius 2 is 1.96 bits per heavy atom. The molecule has 6 heteroatoms. The Bertz CT molecular complexity index is 1070. The summed E-state index contributed by atoms with van der Waals surface area (Å²) in [4.78, 5) is 33.1. The number of hydrogen-bond acceptors (Lipinski definition) is 5. The number of carbonyl (C=O) groups is 2. The van der Waals surface area contributed by atoms with Crippen LogP contribution in [-0.2, 0) is 4.74 Å². The highest BCUT2D eigenvalue weighted by atomic mass is 32.1. The van der Waals surface area contributed by atoms with Gasteiger partial charge in [0.25, 0.3) is 0 Å². The van der Waals surface area contributed by atoms with Crippen LogP contribution in [0, 0.1) is 0 Å². The predicted molar refractivity (Wildman–Crippen MR) is 100 cm³/mol. The fourth-order valence-corrected chi connectivity index (χ4v) is 3.37. The van der Waals surface area contributed by atoms with E-state index < -0.39 is 5.97 Å². The zero-order valence-corrected chi connectivity index (χ0v) is 14.5. The Morgan fingerprint density at radius 1 is 1.08 bits per heavy atom. The third-order valence-electron chi connectivity index (χ3n) is 3.94. The highest BCUT2D eigenvalue weighted by Crippen LogP contribution is 2.28. The third-order valence-corrected chi connectivity index (χ3v) is 4.83. The topological polar surface area (TPSA) is 72.1 Å². The summed E-state index contributed by atoms with van der Waals surface area (Å²) < 4.78 is 5.26. The van der Waals surface area contributed by atoms with Gasteiger partial charge in [-0.1, -0.05) is 24.3 Å². The lowest BCUT2D eigenvalue weighted by Gasteiger charge is -2.09. The van der Waals surface area contributed by atoms with Crippen molar-refractivity contribution in [3.05, 3.63) is 77.4 Å². The predicted octanol–water partition coefficient (Wildman–Crippen LogP) is 4.33. The van der Waals surface area contributed by atoms with Crippen LogP contribution in [0.5, 0.6) is 0 Å². The maximum atomic E-state index is 12.6. The zero-order chi connectivity index (χ0) is 17.9. The number of hydrogen-bond donors (Lipinski definition) is 1. The summed E-state index contributed by atoms with van der Waals surface area (Å²) >= 11 is 1.55. The number of rotatable bonds is 5. The maximum Gasteiger partial charge on any atom is 0.339 e. The van der Waals surface area contributed by atoms with Crippen LogP contribution in [0.2, 0.25) is 0 Å². The molecule has 0 aliphatic rings. The van der Waals surface area contributed by atoms with Crippen molar-refractivity contribution in [2.45, 2.75) is 0 Å². The minimum atomic E-state index is -0.540. The Balaban J connectivity index is 1.66. The number of carbonyl (C=O) groups excluding carboxylic acids is 2. The standard InChI is InChI=1S/C20H14N2O3S/c23-18(16-7-3-9-21-16)12-25-20(24)14-11-17(19-8-4-10-26-19)22-15-6-2-1-5-13(14)15/h1-11,21H,12H2. The summed E-state index contributed by atoms with van der Waals surface area (Å²) in [6.45, 7) is -0.315. The molecular weight excluding hydrogens is 348 g/mol. The minimum absolute atomic E-state index is 0.278. The van der Waals surface area contributed by atoms with Crippen molar-refractivity contribution in [3.8, 4) is 10.6 Å². The van der Waals surface area contributed by atoms with Crippen molar-refractivity contribution in [2.24, 2.45) is 0 Å². The number of aromatic nitrogens is 2. The summed E-state index contributed by atoms with van der Waals surface area (Å²) in [7, 11) is 0. The van der Waals surface area contributed by atoms with Gasteiger partial charge in [-0.25, -0.2) is 9.78 Å². The van der Waals surface area contributed by atoms with Gasteiger partial charge in [0.2, 0.25) is 5.78 Å². The molecular formula is C20H14N2O3S. The zero-order valence-electron chi connectivity index (χ0n) is 13.6. The average Bonchev–Trinajstić information content (AvgIpc) is 3.38. The molecule has 0 amide bonds. The molecule has 4 rings (SSSR count). The van der Waals surface area contributed by atoms with Crippen molar-refractivity contribution in [2.75, 3.05) is 6.61 Å². The molecule has 5 nitrogen and oxygen atoms in total. The number of H-pyrrole nitrogens is 1. The number of aromatic amines is 1. The first-order valence-corrected chi connectivity index (χ1v) is 8.88. The van der Waals surface area contributed by atoms with E-state index in [-0.39, 0.29) is 12.4 Å². The van der Waals surface area contributed by atoms with Gasteiger partial charge >= 0.3 is 5.97 Å². The first kappa shape index (κ1) is 16.2. The molecule has 1 N–H and O–H groups in total. The van der Waals surface area contributed by atoms with E-state index in [1.807, 2.05) is 41.8 Å². The van der Waals surface area contributed by atoms with E-state index in [0.29, 0.717) is 27.9 Å². The number of para-hydroxylation sites is 1. The van der Waals surface area contributed by atoms with Gasteiger partial charge in [0, 0.05) is 11.6 Å². The van der Waals surface area contributed by atoms with Crippen LogP contribution in [0.4, 0.5) is 0 Å². The van der Waals surface area contributed by atoms with E-state index in [4.69, 9.17) is 4.74 Å². The number of ether oxygens (including phenoxy) is 1. The second kappa shape index (κ2) is 6.93. The van der Waals surface area contributed by atoms with Crippen LogP contribution < -0.4 is 0 Å². The van der Waals surface area contributed by atoms with Gasteiger partial charge in [-0.2, -0.15) is 0 Å². The first-order valence-electron chi connectivity index (χ1n) is 8.00. The molecule has 0 saturated carbocycles. The molecule has 0 bridgehead atoms. The van der Waals surface area contributed by atoms with Crippen LogP contribution in [0.3, 0.4) is 0 Å². The number of pyridine rings is 1. The number of fused-ring (bicyclic) bond motifs is 1. The third kappa shape index (κ3) is 3.14. The molecule has 1 aromatic carbocycles. The molecule has 0 spiro atoms. The van der Waals surface area contributed by atoms with Gasteiger partial charge in [-0.15, -0.1) is 11.3 Å². The number of benzene rings is 1. The lowest BCUT2D eigenvalue weighted by Crippen LogP contribution is -2.15. The van der Waals surface area contributed by atoms with Gasteiger partial charge in [-0.05, 0) is 35.7 Å². The van der Waals surface area contributed by atoms with Crippen LogP contribution in [0.1, 0.15) is 20.8 Å². The van der Waals surface area contributed by atoms with Gasteiger partial charge < -0.3 is 9.72 Å². The van der Waals surface area contributed by atoms with E-state index in [0.717, 1.165) is 4.88 Å². The Hall–Kier alpha value is -3.25. The highest BCUT2D eigenvalue weighted by Gasteiger charge is 2.17. The molecule has 0 aliphatic carbocycles. The number of thiophene rings is 1. The van der Waals surface area contributed by atoms with E-state index in [1.54, 1.807) is 35.7 Å². The van der Waals surface area contributed by atoms with Crippen LogP contribution in [0.25, 0.3) is 21.5 Å². The monoisotopic (exact) mass is 362 g/mol. The number of esters is 1. The molecule has 0 fully saturated rings. The fourth-order valence-electron chi connectivity index (χ4n) is 2.69. The largest absolute Gasteiger partial charge is 0.454 e. The Morgan fingerprint density at radius 3 is 2.73 bits per heavy atom. The molecule has 3 aromatic heterocycles. The maximum absolute atomic E-state index is 12.6. The van der Waals surface area contributed by atoms with Crippen molar-refractivity contribution in [1.82, 2.24) is 9.97 Å². The van der Waals surface area contributed by atoms with Crippen LogP contribution >= 0.6 is 11.3 Å². The number of nitrogens with zero attached hydrogens (tertiary/aromatic N) is 1. The molecule has 0 atom stereocenters. The molecule has 26 heavy (non-hydrogen) atoms. The second-order valence-electron chi connectivity index (χ2n) is 5.63. The van der Waals surface area contributed by atoms with Gasteiger partial charge in [0.05, 0.1) is 27.3 Å². The smallest absolute Gasteiger partial charge is 0.339 e. The fraction of sp³-hybridized carbons (Fsp3) is 0.0500. The molecule has 4 aromatic rings. The normalized spacial score (nSPS) is 10.8. The van der Waals surface area contributed by atoms with Crippen molar-refractivity contribution < 1.29 is 14.3 Å². The Labute approximate surface area is 153 Å². The van der Waals surface area contributed by atoms with Gasteiger partial charge in [-0.3, -0.25) is 4.79 Å². The van der Waals surface area contributed by atoms with Crippen LogP contribution in [0.15, 0.2) is 66.2 Å². The lowest BCUT2D eigenvalue weighted by molar-refractivity contribution is 0.0475. The second-order valence-corrected chi connectivity index (χ2v) is 6.58. The summed E-state index contributed by atoms with van der Waals surface area (Å²) in [5, 5.41) is 2.66. The first-order chi connectivity index (χ1) is 12.7. The van der Waals surface area contributed by atoms with E-state index in [1.165, 1.54) is 0 Å². The SMILES string of the molecule is O=C(COC(=O)c1cc(-c2cccs2)nc2ccccc12)c1ccc[nH]1. The van der Waals surface area contributed by atoms with Crippen molar-refractivity contribution in [3.63, 3.8) is 0 Å². The molecule has 0 radical (unpaired) electrons. The lowest BCUT2D eigenvalue weighted by atomic mass is 10.1. The van der Waals surface area contributed by atoms with E-state index in [2.05, 4.69) is 9.97 Å². The summed E-state index contributed by atoms with van der Waals surface area (Å²) in [5.74, 6) is -0.818. The quantitative estimate of drug-likeness (QED) is 0.424. The average molecular weight is 362 g/mol. The summed E-state index contributed by atoms with van der Waals surface area (Å²) in [5.41, 5.74) is 2.23. The van der Waals surface area contributed by atoms with Crippen molar-refractivity contribution in [1.29, 1.82) is 0 Å². The minimum Gasteiger partial charge on any atom is -0.454 e. The molecule has 0 aliphatic heterocycles. The number of nitrogens with one attached hydrogen (secondary N) is 1. The number of ketones is 1.